The lowest BCUT2D eigenvalue weighted by atomic mass is 9.80. The van der Waals surface area contributed by atoms with Gasteiger partial charge >= 0.3 is 0 Å². The SMILES string of the molecule is O=[N+]([O-])C1C[C@@H](CO)OCC2(COC2)C1. The summed E-state index contributed by atoms with van der Waals surface area (Å²) in [4.78, 5) is 10.6. The Labute approximate surface area is 87.3 Å². The highest BCUT2D eigenvalue weighted by Crippen LogP contribution is 2.37. The highest BCUT2D eigenvalue weighted by Gasteiger charge is 2.47. The fraction of sp³-hybridized carbons (Fsp3) is 1.00. The van der Waals surface area contributed by atoms with Gasteiger partial charge in [-0.25, -0.2) is 0 Å². The first-order valence-corrected chi connectivity index (χ1v) is 5.09. The van der Waals surface area contributed by atoms with Crippen LogP contribution >= 0.6 is 0 Å². The number of aliphatic hydroxyl groups is 1. The van der Waals surface area contributed by atoms with Gasteiger partial charge in [-0.2, -0.15) is 0 Å². The first-order chi connectivity index (χ1) is 7.15. The van der Waals surface area contributed by atoms with E-state index in [1.165, 1.54) is 0 Å². The highest BCUT2D eigenvalue weighted by molar-refractivity contribution is 4.91. The van der Waals surface area contributed by atoms with E-state index in [2.05, 4.69) is 0 Å². The predicted octanol–water partition coefficient (Wildman–Crippen LogP) is -0.180. The largest absolute Gasteiger partial charge is 0.394 e. The van der Waals surface area contributed by atoms with E-state index < -0.39 is 12.1 Å². The second kappa shape index (κ2) is 4.03. The average Bonchev–Trinajstić information content (AvgIpc) is 2.35. The molecule has 2 atom stereocenters. The van der Waals surface area contributed by atoms with Gasteiger partial charge in [0.25, 0.3) is 0 Å². The van der Waals surface area contributed by atoms with Crippen LogP contribution in [-0.4, -0.2) is 48.6 Å². The summed E-state index contributed by atoms with van der Waals surface area (Å²) in [5.41, 5.74) is -0.179. The third-order valence-corrected chi connectivity index (χ3v) is 3.15. The molecule has 6 nitrogen and oxygen atoms in total. The van der Waals surface area contributed by atoms with Gasteiger partial charge in [-0.1, -0.05) is 0 Å². The standard InChI is InChI=1S/C9H15NO5/c11-3-8-1-7(10(12)13)2-9(6-15-8)4-14-5-9/h7-8,11H,1-6H2/t7?,8-/m0/s1. The van der Waals surface area contributed by atoms with E-state index in [4.69, 9.17) is 14.6 Å². The summed E-state index contributed by atoms with van der Waals surface area (Å²) in [5.74, 6) is 0. The molecule has 2 aliphatic rings. The second-order valence-electron chi connectivity index (χ2n) is 4.49. The van der Waals surface area contributed by atoms with Crippen LogP contribution in [0.5, 0.6) is 0 Å². The lowest BCUT2D eigenvalue weighted by Gasteiger charge is -2.40. The molecule has 0 aromatic rings. The van der Waals surface area contributed by atoms with Crippen molar-refractivity contribution < 1.29 is 19.5 Å². The van der Waals surface area contributed by atoms with Crippen molar-refractivity contribution in [3.05, 3.63) is 10.1 Å². The Morgan fingerprint density at radius 2 is 2.20 bits per heavy atom. The van der Waals surface area contributed by atoms with Gasteiger partial charge in [-0.15, -0.1) is 0 Å². The van der Waals surface area contributed by atoms with Gasteiger partial charge in [-0.3, -0.25) is 10.1 Å². The van der Waals surface area contributed by atoms with E-state index in [0.717, 1.165) is 0 Å². The normalized spacial score (nSPS) is 34.5. The van der Waals surface area contributed by atoms with Gasteiger partial charge < -0.3 is 14.6 Å². The van der Waals surface area contributed by atoms with Crippen LogP contribution in [0.1, 0.15) is 12.8 Å². The van der Waals surface area contributed by atoms with Crippen LogP contribution in [-0.2, 0) is 9.47 Å². The quantitative estimate of drug-likeness (QED) is 0.512. The third kappa shape index (κ3) is 2.11. The Morgan fingerprint density at radius 3 is 2.67 bits per heavy atom. The number of rotatable bonds is 2. The van der Waals surface area contributed by atoms with Crippen molar-refractivity contribution in [2.75, 3.05) is 26.4 Å². The maximum absolute atomic E-state index is 10.8. The zero-order chi connectivity index (χ0) is 10.9. The van der Waals surface area contributed by atoms with Crippen molar-refractivity contribution in [1.29, 1.82) is 0 Å². The number of nitro groups is 1. The topological polar surface area (TPSA) is 81.8 Å². The van der Waals surface area contributed by atoms with Crippen LogP contribution in [0, 0.1) is 15.5 Å². The molecule has 2 rings (SSSR count). The minimum absolute atomic E-state index is 0.152. The molecule has 2 saturated heterocycles. The third-order valence-electron chi connectivity index (χ3n) is 3.15. The molecule has 1 N–H and O–H groups in total. The summed E-state index contributed by atoms with van der Waals surface area (Å²) in [6.07, 6.45) is 0.391. The number of aliphatic hydroxyl groups excluding tert-OH is 1. The zero-order valence-corrected chi connectivity index (χ0v) is 8.42. The van der Waals surface area contributed by atoms with Gasteiger partial charge in [0.05, 0.1) is 32.5 Å². The van der Waals surface area contributed by atoms with E-state index >= 15 is 0 Å². The van der Waals surface area contributed by atoms with Crippen LogP contribution in [0.25, 0.3) is 0 Å². The molecule has 1 unspecified atom stereocenters. The van der Waals surface area contributed by atoms with E-state index in [1.807, 2.05) is 0 Å². The van der Waals surface area contributed by atoms with Crippen molar-refractivity contribution in [1.82, 2.24) is 0 Å². The molecule has 6 heteroatoms. The summed E-state index contributed by atoms with van der Waals surface area (Å²) >= 11 is 0. The minimum Gasteiger partial charge on any atom is -0.394 e. The molecule has 1 spiro atoms. The summed E-state index contributed by atoms with van der Waals surface area (Å²) in [6, 6.07) is -0.617. The second-order valence-corrected chi connectivity index (χ2v) is 4.49. The molecule has 0 radical (unpaired) electrons. The maximum atomic E-state index is 10.8. The zero-order valence-electron chi connectivity index (χ0n) is 8.42. The molecule has 15 heavy (non-hydrogen) atoms. The molecule has 0 aromatic carbocycles. The van der Waals surface area contributed by atoms with E-state index in [-0.39, 0.29) is 16.9 Å². The Bertz CT molecular complexity index is 253. The van der Waals surface area contributed by atoms with E-state index in [0.29, 0.717) is 32.7 Å². The Kier molecular flexibility index (Phi) is 2.90. The van der Waals surface area contributed by atoms with E-state index in [9.17, 15) is 10.1 Å². The van der Waals surface area contributed by atoms with Gasteiger partial charge in [-0.05, 0) is 0 Å². The molecule has 0 amide bonds. The number of ether oxygens (including phenoxy) is 2. The Balaban J connectivity index is 2.06. The molecule has 2 heterocycles. The Hall–Kier alpha value is -0.720. The van der Waals surface area contributed by atoms with Gasteiger partial charge in [0.1, 0.15) is 0 Å². The summed E-state index contributed by atoms with van der Waals surface area (Å²) in [6.45, 7) is 1.38. The van der Waals surface area contributed by atoms with Crippen LogP contribution < -0.4 is 0 Å². The van der Waals surface area contributed by atoms with Crippen molar-refractivity contribution in [3.8, 4) is 0 Å². The molecule has 0 bridgehead atoms. The minimum atomic E-state index is -0.617. The summed E-state index contributed by atoms with van der Waals surface area (Å²) in [7, 11) is 0. The highest BCUT2D eigenvalue weighted by atomic mass is 16.6. The molecule has 0 aromatic heterocycles. The van der Waals surface area contributed by atoms with Crippen LogP contribution in [0.2, 0.25) is 0 Å². The van der Waals surface area contributed by atoms with Crippen LogP contribution in [0.4, 0.5) is 0 Å². The monoisotopic (exact) mass is 217 g/mol. The van der Waals surface area contributed by atoms with Crippen molar-refractivity contribution in [2.45, 2.75) is 25.0 Å². The number of nitrogens with zero attached hydrogens (tertiary/aromatic N) is 1. The number of hydrogen-bond donors (Lipinski definition) is 1. The van der Waals surface area contributed by atoms with Gasteiger partial charge in [0.2, 0.25) is 6.04 Å². The first-order valence-electron chi connectivity index (χ1n) is 5.09. The summed E-state index contributed by atoms with van der Waals surface area (Å²) in [5, 5.41) is 19.8. The predicted molar refractivity (Wildman–Crippen MR) is 50.1 cm³/mol. The smallest absolute Gasteiger partial charge is 0.216 e. The first kappa shape index (κ1) is 10.8. The molecule has 0 saturated carbocycles. The van der Waals surface area contributed by atoms with Crippen molar-refractivity contribution >= 4 is 0 Å². The van der Waals surface area contributed by atoms with E-state index in [1.54, 1.807) is 0 Å². The summed E-state index contributed by atoms with van der Waals surface area (Å²) < 4.78 is 10.6. The molecule has 86 valence electrons. The molecular formula is C9H15NO5. The van der Waals surface area contributed by atoms with Crippen molar-refractivity contribution in [2.24, 2.45) is 5.41 Å². The van der Waals surface area contributed by atoms with Gasteiger partial charge in [0.15, 0.2) is 0 Å². The molecule has 2 aliphatic heterocycles. The fourth-order valence-corrected chi connectivity index (χ4v) is 2.19. The number of hydrogen-bond acceptors (Lipinski definition) is 5. The Morgan fingerprint density at radius 1 is 1.47 bits per heavy atom. The maximum Gasteiger partial charge on any atom is 0.216 e. The molecular weight excluding hydrogens is 202 g/mol. The fourth-order valence-electron chi connectivity index (χ4n) is 2.19. The lowest BCUT2D eigenvalue weighted by Crippen LogP contribution is -2.48. The molecule has 2 fully saturated rings. The van der Waals surface area contributed by atoms with Crippen LogP contribution in [0.3, 0.4) is 0 Å². The van der Waals surface area contributed by atoms with Crippen LogP contribution in [0.15, 0.2) is 0 Å². The lowest BCUT2D eigenvalue weighted by molar-refractivity contribution is -0.528. The average molecular weight is 217 g/mol. The van der Waals surface area contributed by atoms with Gasteiger partial charge in [0, 0.05) is 23.2 Å². The molecule has 0 aliphatic carbocycles. The van der Waals surface area contributed by atoms with Crippen molar-refractivity contribution in [3.63, 3.8) is 0 Å².